The van der Waals surface area contributed by atoms with Crippen LogP contribution in [-0.4, -0.2) is 47.3 Å². The van der Waals surface area contributed by atoms with Crippen molar-refractivity contribution >= 4 is 11.8 Å². The molecule has 2 aliphatic heterocycles. The standard InChI is InChI=1S/C12H20N2O2/c1-2-7-13-9-6-11(15)14-8-4-3-5-10(14)12(13)16/h10H,2-9H2,1H3. The van der Waals surface area contributed by atoms with Crippen molar-refractivity contribution in [1.29, 1.82) is 0 Å². The second-order valence-electron chi connectivity index (χ2n) is 4.67. The van der Waals surface area contributed by atoms with E-state index in [9.17, 15) is 9.59 Å². The minimum absolute atomic E-state index is 0.157. The molecule has 0 aromatic rings. The van der Waals surface area contributed by atoms with Crippen molar-refractivity contribution in [1.82, 2.24) is 9.80 Å². The maximum atomic E-state index is 12.2. The summed E-state index contributed by atoms with van der Waals surface area (Å²) in [6.07, 6.45) is 4.43. The fraction of sp³-hybridized carbons (Fsp3) is 0.833. The van der Waals surface area contributed by atoms with Crippen LogP contribution in [0.3, 0.4) is 0 Å². The zero-order valence-corrected chi connectivity index (χ0v) is 9.95. The summed E-state index contributed by atoms with van der Waals surface area (Å²) < 4.78 is 0. The van der Waals surface area contributed by atoms with E-state index < -0.39 is 0 Å². The smallest absolute Gasteiger partial charge is 0.245 e. The molecule has 0 aromatic heterocycles. The Labute approximate surface area is 96.6 Å². The monoisotopic (exact) mass is 224 g/mol. The molecule has 1 atom stereocenters. The molecule has 0 N–H and O–H groups in total. The van der Waals surface area contributed by atoms with E-state index in [1.807, 2.05) is 9.80 Å². The molecule has 2 fully saturated rings. The fourth-order valence-corrected chi connectivity index (χ4v) is 2.67. The third-order valence-electron chi connectivity index (χ3n) is 3.51. The maximum absolute atomic E-state index is 12.2. The summed E-state index contributed by atoms with van der Waals surface area (Å²) in [5.41, 5.74) is 0. The first-order valence-corrected chi connectivity index (χ1v) is 6.32. The molecule has 4 nitrogen and oxygen atoms in total. The van der Waals surface area contributed by atoms with E-state index in [1.54, 1.807) is 0 Å². The molecular weight excluding hydrogens is 204 g/mol. The van der Waals surface area contributed by atoms with Gasteiger partial charge in [0.1, 0.15) is 6.04 Å². The third-order valence-corrected chi connectivity index (χ3v) is 3.51. The second kappa shape index (κ2) is 4.85. The molecule has 0 saturated carbocycles. The fourth-order valence-electron chi connectivity index (χ4n) is 2.67. The quantitative estimate of drug-likeness (QED) is 0.702. The summed E-state index contributed by atoms with van der Waals surface area (Å²) in [6.45, 7) is 4.24. The highest BCUT2D eigenvalue weighted by Gasteiger charge is 2.37. The van der Waals surface area contributed by atoms with Gasteiger partial charge in [-0.15, -0.1) is 0 Å². The van der Waals surface area contributed by atoms with E-state index in [2.05, 4.69) is 6.92 Å². The van der Waals surface area contributed by atoms with Gasteiger partial charge in [0, 0.05) is 26.1 Å². The van der Waals surface area contributed by atoms with E-state index in [0.29, 0.717) is 13.0 Å². The lowest BCUT2D eigenvalue weighted by molar-refractivity contribution is -0.143. The SMILES string of the molecule is CCCN1CCC(=O)N2CCCCC2C1=O. The third kappa shape index (κ3) is 2.06. The zero-order chi connectivity index (χ0) is 11.5. The summed E-state index contributed by atoms with van der Waals surface area (Å²) in [6, 6.07) is -0.157. The molecule has 0 aliphatic carbocycles. The molecule has 16 heavy (non-hydrogen) atoms. The van der Waals surface area contributed by atoms with Gasteiger partial charge in [-0.05, 0) is 25.7 Å². The van der Waals surface area contributed by atoms with Gasteiger partial charge in [0.05, 0.1) is 0 Å². The number of amides is 2. The predicted octanol–water partition coefficient (Wildman–Crippen LogP) is 1.01. The Morgan fingerprint density at radius 2 is 2.06 bits per heavy atom. The van der Waals surface area contributed by atoms with Crippen LogP contribution < -0.4 is 0 Å². The normalized spacial score (nSPS) is 26.7. The van der Waals surface area contributed by atoms with Crippen LogP contribution in [0.5, 0.6) is 0 Å². The van der Waals surface area contributed by atoms with Gasteiger partial charge in [-0.25, -0.2) is 0 Å². The molecule has 1 unspecified atom stereocenters. The average molecular weight is 224 g/mol. The lowest BCUT2D eigenvalue weighted by atomic mass is 10.0. The van der Waals surface area contributed by atoms with E-state index in [4.69, 9.17) is 0 Å². The Kier molecular flexibility index (Phi) is 3.46. The number of carbonyl (C=O) groups is 2. The van der Waals surface area contributed by atoms with Gasteiger partial charge in [0.15, 0.2) is 0 Å². The molecule has 90 valence electrons. The van der Waals surface area contributed by atoms with Crippen molar-refractivity contribution in [2.24, 2.45) is 0 Å². The summed E-state index contributed by atoms with van der Waals surface area (Å²) in [7, 11) is 0. The van der Waals surface area contributed by atoms with Gasteiger partial charge in [-0.2, -0.15) is 0 Å². The van der Waals surface area contributed by atoms with Gasteiger partial charge in [0.2, 0.25) is 11.8 Å². The molecule has 0 radical (unpaired) electrons. The average Bonchev–Trinajstić information content (AvgIpc) is 2.43. The number of nitrogens with zero attached hydrogens (tertiary/aromatic N) is 2. The zero-order valence-electron chi connectivity index (χ0n) is 9.95. The first-order valence-electron chi connectivity index (χ1n) is 6.32. The van der Waals surface area contributed by atoms with Crippen LogP contribution in [0.1, 0.15) is 39.0 Å². The molecule has 4 heteroatoms. The highest BCUT2D eigenvalue weighted by Crippen LogP contribution is 2.22. The Hall–Kier alpha value is -1.06. The molecule has 0 spiro atoms. The molecule has 2 amide bonds. The van der Waals surface area contributed by atoms with Gasteiger partial charge >= 0.3 is 0 Å². The van der Waals surface area contributed by atoms with Crippen LogP contribution in [-0.2, 0) is 9.59 Å². The van der Waals surface area contributed by atoms with Crippen molar-refractivity contribution in [3.63, 3.8) is 0 Å². The van der Waals surface area contributed by atoms with Crippen LogP contribution in [0.2, 0.25) is 0 Å². The Bertz CT molecular complexity index is 291. The van der Waals surface area contributed by atoms with Crippen molar-refractivity contribution < 1.29 is 9.59 Å². The summed E-state index contributed by atoms with van der Waals surface area (Å²) >= 11 is 0. The van der Waals surface area contributed by atoms with Crippen LogP contribution in [0.4, 0.5) is 0 Å². The lowest BCUT2D eigenvalue weighted by Crippen LogP contribution is -2.49. The lowest BCUT2D eigenvalue weighted by Gasteiger charge is -2.34. The van der Waals surface area contributed by atoms with Crippen LogP contribution >= 0.6 is 0 Å². The van der Waals surface area contributed by atoms with Crippen molar-refractivity contribution in [2.75, 3.05) is 19.6 Å². The maximum Gasteiger partial charge on any atom is 0.245 e. The minimum atomic E-state index is -0.157. The molecule has 2 saturated heterocycles. The van der Waals surface area contributed by atoms with Crippen molar-refractivity contribution in [2.45, 2.75) is 45.1 Å². The van der Waals surface area contributed by atoms with E-state index >= 15 is 0 Å². The summed E-state index contributed by atoms with van der Waals surface area (Å²) in [4.78, 5) is 27.8. The van der Waals surface area contributed by atoms with E-state index in [1.165, 1.54) is 0 Å². The number of fused-ring (bicyclic) bond motifs is 1. The van der Waals surface area contributed by atoms with Crippen LogP contribution in [0.25, 0.3) is 0 Å². The van der Waals surface area contributed by atoms with Gasteiger partial charge in [-0.3, -0.25) is 9.59 Å². The number of rotatable bonds is 2. The van der Waals surface area contributed by atoms with Gasteiger partial charge < -0.3 is 9.80 Å². The van der Waals surface area contributed by atoms with Crippen LogP contribution in [0.15, 0.2) is 0 Å². The predicted molar refractivity (Wildman–Crippen MR) is 60.8 cm³/mol. The highest BCUT2D eigenvalue weighted by molar-refractivity contribution is 5.90. The molecular formula is C12H20N2O2. The van der Waals surface area contributed by atoms with Crippen molar-refractivity contribution in [3.05, 3.63) is 0 Å². The minimum Gasteiger partial charge on any atom is -0.340 e. The summed E-state index contributed by atoms with van der Waals surface area (Å²) in [5, 5.41) is 0. The highest BCUT2D eigenvalue weighted by atomic mass is 16.2. The number of piperidine rings is 1. The van der Waals surface area contributed by atoms with Gasteiger partial charge in [-0.1, -0.05) is 6.92 Å². The second-order valence-corrected chi connectivity index (χ2v) is 4.67. The molecule has 0 aromatic carbocycles. The molecule has 2 rings (SSSR count). The number of carbonyl (C=O) groups excluding carboxylic acids is 2. The van der Waals surface area contributed by atoms with Gasteiger partial charge in [0.25, 0.3) is 0 Å². The first-order chi connectivity index (χ1) is 7.74. The first kappa shape index (κ1) is 11.4. The number of hydrogen-bond acceptors (Lipinski definition) is 2. The number of hydrogen-bond donors (Lipinski definition) is 0. The molecule has 2 aliphatic rings. The van der Waals surface area contributed by atoms with E-state index in [0.717, 1.165) is 38.8 Å². The molecule has 0 bridgehead atoms. The Morgan fingerprint density at radius 1 is 1.25 bits per heavy atom. The van der Waals surface area contributed by atoms with Crippen LogP contribution in [0, 0.1) is 0 Å². The topological polar surface area (TPSA) is 40.6 Å². The van der Waals surface area contributed by atoms with E-state index in [-0.39, 0.29) is 17.9 Å². The Morgan fingerprint density at radius 3 is 2.81 bits per heavy atom. The Balaban J connectivity index is 2.15. The largest absolute Gasteiger partial charge is 0.340 e. The molecule has 2 heterocycles. The van der Waals surface area contributed by atoms with Crippen molar-refractivity contribution in [3.8, 4) is 0 Å². The summed E-state index contributed by atoms with van der Waals surface area (Å²) in [5.74, 6) is 0.337.